The summed E-state index contributed by atoms with van der Waals surface area (Å²) in [6, 6.07) is 10.7. The topological polar surface area (TPSA) is 68.6 Å². The number of hydrogen-bond donors (Lipinski definition) is 0. The van der Waals surface area contributed by atoms with Crippen molar-refractivity contribution in [3.63, 3.8) is 0 Å². The first kappa shape index (κ1) is 19.0. The zero-order valence-corrected chi connectivity index (χ0v) is 16.2. The molecule has 1 fully saturated rings. The Morgan fingerprint density at radius 2 is 1.96 bits per heavy atom. The Morgan fingerprint density at radius 1 is 1.22 bits per heavy atom. The lowest BCUT2D eigenvalue weighted by Gasteiger charge is -2.19. The quantitative estimate of drug-likeness (QED) is 0.580. The Hall–Kier alpha value is -2.80. The molecule has 0 spiro atoms. The number of rotatable bonds is 5. The van der Waals surface area contributed by atoms with E-state index in [4.69, 9.17) is 4.74 Å². The van der Waals surface area contributed by atoms with Gasteiger partial charge >= 0.3 is 5.97 Å². The first-order valence-electron chi connectivity index (χ1n) is 8.61. The van der Waals surface area contributed by atoms with E-state index in [1.165, 1.54) is 6.92 Å². The van der Waals surface area contributed by atoms with E-state index in [9.17, 15) is 14.4 Å². The van der Waals surface area contributed by atoms with E-state index < -0.39 is 23.2 Å². The molecule has 0 unspecified atom stereocenters. The van der Waals surface area contributed by atoms with E-state index in [0.29, 0.717) is 0 Å². The lowest BCUT2D eigenvalue weighted by atomic mass is 10.2. The van der Waals surface area contributed by atoms with Crippen molar-refractivity contribution in [2.24, 2.45) is 0 Å². The van der Waals surface area contributed by atoms with Crippen LogP contribution in [0.4, 0.5) is 4.79 Å². The number of amides is 2. The van der Waals surface area contributed by atoms with Gasteiger partial charge in [-0.2, -0.15) is 0 Å². The molecule has 0 aliphatic carbocycles. The summed E-state index contributed by atoms with van der Waals surface area (Å²) < 4.78 is 6.88. The summed E-state index contributed by atoms with van der Waals surface area (Å²) in [6.45, 7) is 5.37. The minimum absolute atomic E-state index is 0.194. The molecule has 1 aromatic heterocycles. The summed E-state index contributed by atoms with van der Waals surface area (Å²) in [6.07, 6.45) is 3.58. The second-order valence-electron chi connectivity index (χ2n) is 6.07. The molecule has 0 saturated carbocycles. The van der Waals surface area contributed by atoms with Crippen LogP contribution in [0.25, 0.3) is 11.8 Å². The van der Waals surface area contributed by atoms with Crippen LogP contribution < -0.4 is 0 Å². The molecule has 2 heterocycles. The zero-order valence-electron chi connectivity index (χ0n) is 15.3. The van der Waals surface area contributed by atoms with Gasteiger partial charge < -0.3 is 9.30 Å². The summed E-state index contributed by atoms with van der Waals surface area (Å²) in [5, 5.41) is -0.471. The van der Waals surface area contributed by atoms with Crippen LogP contribution in [0.1, 0.15) is 25.1 Å². The van der Waals surface area contributed by atoms with E-state index in [0.717, 1.165) is 33.6 Å². The van der Waals surface area contributed by atoms with Crippen molar-refractivity contribution in [1.82, 2.24) is 9.47 Å². The fourth-order valence-corrected chi connectivity index (χ4v) is 3.77. The van der Waals surface area contributed by atoms with Gasteiger partial charge in [0.1, 0.15) is 6.04 Å². The predicted molar refractivity (Wildman–Crippen MR) is 104 cm³/mol. The van der Waals surface area contributed by atoms with E-state index >= 15 is 0 Å². The Balaban J connectivity index is 1.91. The van der Waals surface area contributed by atoms with E-state index in [2.05, 4.69) is 0 Å². The SMILES string of the molecule is CCOC(=O)[C@@H](C)N1C(=O)S/C(=C/c2cccn2-c2ccccc2C)C1=O. The Morgan fingerprint density at radius 3 is 2.67 bits per heavy atom. The number of nitrogens with zero attached hydrogens (tertiary/aromatic N) is 2. The van der Waals surface area contributed by atoms with Crippen LogP contribution in [0, 0.1) is 6.92 Å². The van der Waals surface area contributed by atoms with Crippen molar-refractivity contribution in [3.05, 3.63) is 58.8 Å². The standard InChI is InChI=1S/C20H20N2O4S/c1-4-26-19(24)14(3)22-18(23)17(27-20(22)25)12-15-9-7-11-21(15)16-10-6-5-8-13(16)2/h5-12,14H,4H2,1-3H3/b17-12+/t14-/m1/s1. The van der Waals surface area contributed by atoms with Gasteiger partial charge in [-0.25, -0.2) is 4.79 Å². The predicted octanol–water partition coefficient (Wildman–Crippen LogP) is 3.77. The van der Waals surface area contributed by atoms with Crippen LogP contribution in [-0.4, -0.2) is 39.2 Å². The fraction of sp³-hybridized carbons (Fsp3) is 0.250. The molecular formula is C20H20N2O4S. The molecule has 1 aliphatic heterocycles. The number of aryl methyl sites for hydroxylation is 1. The Labute approximate surface area is 161 Å². The van der Waals surface area contributed by atoms with Crippen LogP contribution >= 0.6 is 11.8 Å². The molecule has 2 aromatic rings. The third kappa shape index (κ3) is 3.68. The largest absolute Gasteiger partial charge is 0.464 e. The maximum Gasteiger partial charge on any atom is 0.329 e. The summed E-state index contributed by atoms with van der Waals surface area (Å²) in [7, 11) is 0. The fourth-order valence-electron chi connectivity index (χ4n) is 2.88. The highest BCUT2D eigenvalue weighted by Gasteiger charge is 2.41. The average Bonchev–Trinajstić information content (AvgIpc) is 3.20. The number of imide groups is 1. The Bertz CT molecular complexity index is 932. The summed E-state index contributed by atoms with van der Waals surface area (Å²) >= 11 is 0.829. The molecule has 2 amide bonds. The zero-order chi connectivity index (χ0) is 19.6. The minimum Gasteiger partial charge on any atom is -0.464 e. The maximum atomic E-state index is 12.7. The number of benzene rings is 1. The Kier molecular flexibility index (Phi) is 5.51. The van der Waals surface area contributed by atoms with Crippen LogP contribution in [0.2, 0.25) is 0 Å². The van der Waals surface area contributed by atoms with Crippen molar-refractivity contribution < 1.29 is 19.1 Å². The number of para-hydroxylation sites is 1. The highest BCUT2D eigenvalue weighted by Crippen LogP contribution is 2.34. The van der Waals surface area contributed by atoms with Gasteiger partial charge in [0, 0.05) is 17.6 Å². The molecule has 1 aromatic carbocycles. The molecule has 1 aliphatic rings. The second-order valence-corrected chi connectivity index (χ2v) is 7.06. The molecule has 6 nitrogen and oxygen atoms in total. The summed E-state index contributed by atoms with van der Waals surface area (Å²) in [5.41, 5.74) is 2.86. The molecule has 0 radical (unpaired) electrons. The number of aromatic nitrogens is 1. The van der Waals surface area contributed by atoms with Crippen LogP contribution in [0.15, 0.2) is 47.5 Å². The van der Waals surface area contributed by atoms with E-state index in [1.54, 1.807) is 13.0 Å². The van der Waals surface area contributed by atoms with Crippen molar-refractivity contribution in [2.45, 2.75) is 26.8 Å². The van der Waals surface area contributed by atoms with Crippen LogP contribution in [0.3, 0.4) is 0 Å². The monoisotopic (exact) mass is 384 g/mol. The lowest BCUT2D eigenvalue weighted by Crippen LogP contribution is -2.42. The first-order chi connectivity index (χ1) is 12.9. The molecule has 1 atom stereocenters. The number of carbonyl (C=O) groups excluding carboxylic acids is 3. The van der Waals surface area contributed by atoms with Crippen LogP contribution in [0.5, 0.6) is 0 Å². The molecule has 140 valence electrons. The highest BCUT2D eigenvalue weighted by atomic mass is 32.2. The van der Waals surface area contributed by atoms with Gasteiger partial charge in [-0.15, -0.1) is 0 Å². The van der Waals surface area contributed by atoms with Crippen molar-refractivity contribution >= 4 is 35.0 Å². The smallest absolute Gasteiger partial charge is 0.329 e. The van der Waals surface area contributed by atoms with Gasteiger partial charge in [-0.1, -0.05) is 18.2 Å². The van der Waals surface area contributed by atoms with Gasteiger partial charge in [0.15, 0.2) is 0 Å². The number of hydrogen-bond acceptors (Lipinski definition) is 5. The maximum absolute atomic E-state index is 12.7. The molecule has 0 N–H and O–H groups in total. The third-order valence-electron chi connectivity index (χ3n) is 4.27. The highest BCUT2D eigenvalue weighted by molar-refractivity contribution is 8.18. The molecule has 7 heteroatoms. The van der Waals surface area contributed by atoms with E-state index in [-0.39, 0.29) is 11.5 Å². The average molecular weight is 384 g/mol. The normalized spacial score (nSPS) is 16.9. The molecule has 27 heavy (non-hydrogen) atoms. The molecule has 1 saturated heterocycles. The number of carbonyl (C=O) groups is 3. The van der Waals surface area contributed by atoms with Gasteiger partial charge in [-0.05, 0) is 62.4 Å². The first-order valence-corrected chi connectivity index (χ1v) is 9.42. The van der Waals surface area contributed by atoms with Crippen molar-refractivity contribution in [2.75, 3.05) is 6.61 Å². The van der Waals surface area contributed by atoms with Crippen molar-refractivity contribution in [3.8, 4) is 5.69 Å². The number of ether oxygens (including phenoxy) is 1. The number of esters is 1. The molecule has 3 rings (SSSR count). The summed E-state index contributed by atoms with van der Waals surface area (Å²) in [5.74, 6) is -1.08. The van der Waals surface area contributed by atoms with Gasteiger partial charge in [0.25, 0.3) is 11.1 Å². The van der Waals surface area contributed by atoms with Gasteiger partial charge in [0.2, 0.25) is 0 Å². The summed E-state index contributed by atoms with van der Waals surface area (Å²) in [4.78, 5) is 38.2. The van der Waals surface area contributed by atoms with Gasteiger partial charge in [0.05, 0.1) is 11.5 Å². The molecular weight excluding hydrogens is 364 g/mol. The third-order valence-corrected chi connectivity index (χ3v) is 5.16. The molecule has 0 bridgehead atoms. The van der Waals surface area contributed by atoms with Crippen LogP contribution in [-0.2, 0) is 14.3 Å². The second kappa shape index (κ2) is 7.84. The van der Waals surface area contributed by atoms with Crippen molar-refractivity contribution in [1.29, 1.82) is 0 Å². The minimum atomic E-state index is -0.952. The van der Waals surface area contributed by atoms with E-state index in [1.807, 2.05) is 54.1 Å². The lowest BCUT2D eigenvalue weighted by molar-refractivity contribution is -0.150. The number of thioether (sulfide) groups is 1. The van der Waals surface area contributed by atoms with Gasteiger partial charge in [-0.3, -0.25) is 14.5 Å².